The number of anilines is 1. The summed E-state index contributed by atoms with van der Waals surface area (Å²) in [5.74, 6) is 0.671. The highest BCUT2D eigenvalue weighted by atomic mass is 32.1. The molecule has 1 aliphatic heterocycles. The van der Waals surface area contributed by atoms with E-state index in [1.165, 1.54) is 16.9 Å². The lowest BCUT2D eigenvalue weighted by molar-refractivity contribution is 0.0749. The Bertz CT molecular complexity index is 676. The molecular weight excluding hydrogens is 268 g/mol. The molecule has 2 unspecified atom stereocenters. The molecule has 0 bridgehead atoms. The third-order valence-electron chi connectivity index (χ3n) is 4.12. The first-order chi connectivity index (χ1) is 9.47. The number of nitrogens with two attached hydrogens (primary N) is 1. The highest BCUT2D eigenvalue weighted by molar-refractivity contribution is 7.21. The summed E-state index contributed by atoms with van der Waals surface area (Å²) in [7, 11) is 0. The summed E-state index contributed by atoms with van der Waals surface area (Å²) in [6.45, 7) is 7.20. The van der Waals surface area contributed by atoms with Crippen LogP contribution in [0.15, 0.2) is 18.2 Å². The minimum Gasteiger partial charge on any atom is -0.397 e. The maximum atomic E-state index is 12.7. The van der Waals surface area contributed by atoms with Gasteiger partial charge in [0.15, 0.2) is 0 Å². The van der Waals surface area contributed by atoms with Crippen molar-refractivity contribution in [3.05, 3.63) is 28.6 Å². The second kappa shape index (κ2) is 4.77. The fourth-order valence-electron chi connectivity index (χ4n) is 3.10. The molecule has 0 aliphatic carbocycles. The van der Waals surface area contributed by atoms with E-state index in [2.05, 4.69) is 32.0 Å². The first-order valence-corrected chi connectivity index (χ1v) is 7.88. The summed E-state index contributed by atoms with van der Waals surface area (Å²) < 4.78 is 1.09. The van der Waals surface area contributed by atoms with Gasteiger partial charge in [-0.2, -0.15) is 0 Å². The molecule has 1 aliphatic rings. The number of thiophene rings is 1. The van der Waals surface area contributed by atoms with Gasteiger partial charge in [0.25, 0.3) is 5.91 Å². The molecule has 1 aromatic carbocycles. The van der Waals surface area contributed by atoms with Crippen LogP contribution in [-0.2, 0) is 0 Å². The third kappa shape index (κ3) is 2.08. The number of hydrogen-bond acceptors (Lipinski definition) is 3. The zero-order valence-electron chi connectivity index (χ0n) is 12.1. The van der Waals surface area contributed by atoms with E-state index in [-0.39, 0.29) is 5.91 Å². The number of carbonyl (C=O) groups excluding carboxylic acids is 1. The number of benzene rings is 1. The van der Waals surface area contributed by atoms with Crippen molar-refractivity contribution < 1.29 is 4.79 Å². The molecular formula is C16H20N2OS. The molecule has 2 atom stereocenters. The Morgan fingerprint density at radius 3 is 2.80 bits per heavy atom. The summed E-state index contributed by atoms with van der Waals surface area (Å²) in [6, 6.07) is 6.49. The lowest BCUT2D eigenvalue weighted by Crippen LogP contribution is -2.33. The van der Waals surface area contributed by atoms with Gasteiger partial charge in [0.1, 0.15) is 4.88 Å². The van der Waals surface area contributed by atoms with Crippen LogP contribution in [0.2, 0.25) is 0 Å². The highest BCUT2D eigenvalue weighted by Crippen LogP contribution is 2.36. The third-order valence-corrected chi connectivity index (χ3v) is 5.30. The first-order valence-electron chi connectivity index (χ1n) is 7.07. The van der Waals surface area contributed by atoms with Gasteiger partial charge in [-0.25, -0.2) is 0 Å². The molecule has 2 N–H and O–H groups in total. The molecule has 4 heteroatoms. The normalized spacial score (nSPS) is 22.6. The molecule has 1 saturated heterocycles. The average molecular weight is 288 g/mol. The Hall–Kier alpha value is -1.55. The van der Waals surface area contributed by atoms with E-state index in [1.807, 2.05) is 11.8 Å². The van der Waals surface area contributed by atoms with Crippen molar-refractivity contribution in [1.29, 1.82) is 0 Å². The van der Waals surface area contributed by atoms with Crippen molar-refractivity contribution in [2.45, 2.75) is 33.2 Å². The Kier molecular flexibility index (Phi) is 3.21. The van der Waals surface area contributed by atoms with E-state index in [1.54, 1.807) is 0 Å². The van der Waals surface area contributed by atoms with Crippen LogP contribution in [0.25, 0.3) is 10.1 Å². The number of nitrogens with zero attached hydrogens (tertiary/aromatic N) is 1. The second-order valence-electron chi connectivity index (χ2n) is 5.99. The van der Waals surface area contributed by atoms with Gasteiger partial charge < -0.3 is 10.6 Å². The van der Waals surface area contributed by atoms with Crippen LogP contribution in [0.1, 0.15) is 35.5 Å². The zero-order chi connectivity index (χ0) is 14.4. The lowest BCUT2D eigenvalue weighted by Gasteiger charge is -2.20. The molecule has 3 nitrogen and oxygen atoms in total. The van der Waals surface area contributed by atoms with E-state index in [0.717, 1.165) is 23.1 Å². The molecule has 0 spiro atoms. The van der Waals surface area contributed by atoms with Crippen molar-refractivity contribution in [1.82, 2.24) is 4.90 Å². The predicted molar refractivity (Wildman–Crippen MR) is 85.3 cm³/mol. The van der Waals surface area contributed by atoms with Crippen molar-refractivity contribution in [2.75, 3.05) is 12.3 Å². The zero-order valence-corrected chi connectivity index (χ0v) is 13.0. The predicted octanol–water partition coefficient (Wildman–Crippen LogP) is 3.66. The number of hydrogen-bond donors (Lipinski definition) is 1. The fourth-order valence-corrected chi connectivity index (χ4v) is 4.16. The number of nitrogen functional groups attached to an aromatic ring is 1. The molecule has 2 aromatic rings. The fraction of sp³-hybridized carbons (Fsp3) is 0.438. The molecule has 2 heterocycles. The maximum Gasteiger partial charge on any atom is 0.266 e. The standard InChI is InChI=1S/C16H20N2OS/c1-9-4-5-13-12(7-9)14(17)15(20-13)16(19)18-8-10(2)6-11(18)3/h4-5,7,10-11H,6,8,17H2,1-3H3. The van der Waals surface area contributed by atoms with Crippen LogP contribution in [0.3, 0.4) is 0 Å². The Balaban J connectivity index is 2.02. The van der Waals surface area contributed by atoms with E-state index in [9.17, 15) is 4.79 Å². The number of aryl methyl sites for hydroxylation is 1. The van der Waals surface area contributed by atoms with Crippen LogP contribution < -0.4 is 5.73 Å². The van der Waals surface area contributed by atoms with Crippen molar-refractivity contribution in [2.24, 2.45) is 5.92 Å². The van der Waals surface area contributed by atoms with Gasteiger partial charge in [0.05, 0.1) is 5.69 Å². The van der Waals surface area contributed by atoms with Gasteiger partial charge in [-0.05, 0) is 38.3 Å². The number of carbonyl (C=O) groups is 1. The van der Waals surface area contributed by atoms with Gasteiger partial charge >= 0.3 is 0 Å². The molecule has 1 fully saturated rings. The largest absolute Gasteiger partial charge is 0.397 e. The van der Waals surface area contributed by atoms with E-state index in [4.69, 9.17) is 5.73 Å². The highest BCUT2D eigenvalue weighted by Gasteiger charge is 2.32. The maximum absolute atomic E-state index is 12.7. The molecule has 20 heavy (non-hydrogen) atoms. The topological polar surface area (TPSA) is 46.3 Å². The van der Waals surface area contributed by atoms with E-state index < -0.39 is 0 Å². The quantitative estimate of drug-likeness (QED) is 0.870. The Morgan fingerprint density at radius 1 is 1.40 bits per heavy atom. The van der Waals surface area contributed by atoms with E-state index >= 15 is 0 Å². The lowest BCUT2D eigenvalue weighted by atomic mass is 10.1. The second-order valence-corrected chi connectivity index (χ2v) is 7.04. The Labute approximate surface area is 123 Å². The van der Waals surface area contributed by atoms with Gasteiger partial charge in [0.2, 0.25) is 0 Å². The van der Waals surface area contributed by atoms with E-state index in [0.29, 0.717) is 22.5 Å². The monoisotopic (exact) mass is 288 g/mol. The summed E-state index contributed by atoms with van der Waals surface area (Å²) in [5, 5.41) is 1.01. The Morgan fingerprint density at radius 2 is 2.15 bits per heavy atom. The number of rotatable bonds is 1. The number of likely N-dealkylation sites (tertiary alicyclic amines) is 1. The minimum absolute atomic E-state index is 0.0956. The summed E-state index contributed by atoms with van der Waals surface area (Å²) >= 11 is 1.51. The number of amides is 1. The van der Waals surface area contributed by atoms with Gasteiger partial charge in [0, 0.05) is 22.7 Å². The van der Waals surface area contributed by atoms with Crippen molar-refractivity contribution in [3.63, 3.8) is 0 Å². The van der Waals surface area contributed by atoms with Crippen molar-refractivity contribution in [3.8, 4) is 0 Å². The smallest absolute Gasteiger partial charge is 0.266 e. The summed E-state index contributed by atoms with van der Waals surface area (Å²) in [6.07, 6.45) is 1.08. The van der Waals surface area contributed by atoms with Gasteiger partial charge in [-0.1, -0.05) is 18.6 Å². The SMILES string of the molecule is Cc1ccc2sc(C(=O)N3CC(C)CC3C)c(N)c2c1. The van der Waals surface area contributed by atoms with Crippen LogP contribution in [0, 0.1) is 12.8 Å². The van der Waals surface area contributed by atoms with Gasteiger partial charge in [-0.3, -0.25) is 4.79 Å². The molecule has 0 radical (unpaired) electrons. The molecule has 106 valence electrons. The van der Waals surface area contributed by atoms with Crippen LogP contribution >= 0.6 is 11.3 Å². The molecule has 0 saturated carbocycles. The first kappa shape index (κ1) is 13.4. The van der Waals surface area contributed by atoms with Crippen LogP contribution in [0.4, 0.5) is 5.69 Å². The molecule has 1 amide bonds. The van der Waals surface area contributed by atoms with Crippen LogP contribution in [-0.4, -0.2) is 23.4 Å². The van der Waals surface area contributed by atoms with Crippen LogP contribution in [0.5, 0.6) is 0 Å². The van der Waals surface area contributed by atoms with Gasteiger partial charge in [-0.15, -0.1) is 11.3 Å². The number of fused-ring (bicyclic) bond motifs is 1. The summed E-state index contributed by atoms with van der Waals surface area (Å²) in [4.78, 5) is 15.4. The molecule has 3 rings (SSSR count). The molecule has 1 aromatic heterocycles. The average Bonchev–Trinajstić information content (AvgIpc) is 2.90. The van der Waals surface area contributed by atoms with Crippen molar-refractivity contribution >= 4 is 33.0 Å². The summed E-state index contributed by atoms with van der Waals surface area (Å²) in [5.41, 5.74) is 8.03. The minimum atomic E-state index is 0.0956.